The van der Waals surface area contributed by atoms with Crippen LogP contribution in [-0.2, 0) is 9.59 Å². The van der Waals surface area contributed by atoms with Gasteiger partial charge in [-0.15, -0.1) is 12.4 Å². The minimum atomic E-state index is -0.160. The Hall–Kier alpha value is -1.79. The van der Waals surface area contributed by atoms with Crippen LogP contribution in [0.15, 0.2) is 12.1 Å². The molecule has 146 valence electrons. The first-order valence-corrected chi connectivity index (χ1v) is 8.88. The van der Waals surface area contributed by atoms with E-state index in [0.717, 1.165) is 29.7 Å². The number of nitrogens with one attached hydrogen (secondary N) is 1. The number of hydrogen-bond acceptors (Lipinski definition) is 4. The summed E-state index contributed by atoms with van der Waals surface area (Å²) in [6.45, 7) is 8.03. The van der Waals surface area contributed by atoms with E-state index in [0.29, 0.717) is 26.2 Å². The van der Waals surface area contributed by atoms with Gasteiger partial charge in [-0.3, -0.25) is 9.59 Å². The standard InChI is InChI=1S/C19H29N3O3.ClH/c1-13-9-14(2)18(15(3)10-13)25-12-17(23)22-8-4-5-16(11-22)19(24)21-7-6-20;/h9-10,16H,4-8,11-12,20H2,1-3H3,(H,21,24);1H. The number of nitrogens with zero attached hydrogens (tertiary/aromatic N) is 1. The highest BCUT2D eigenvalue weighted by Crippen LogP contribution is 2.25. The van der Waals surface area contributed by atoms with Gasteiger partial charge in [0.05, 0.1) is 5.92 Å². The number of benzene rings is 1. The average Bonchev–Trinajstić information content (AvgIpc) is 2.58. The van der Waals surface area contributed by atoms with Crippen molar-refractivity contribution in [2.24, 2.45) is 11.7 Å². The molecule has 0 saturated carbocycles. The van der Waals surface area contributed by atoms with Gasteiger partial charge >= 0.3 is 0 Å². The van der Waals surface area contributed by atoms with Crippen LogP contribution in [0, 0.1) is 26.7 Å². The number of rotatable bonds is 6. The molecule has 1 aliphatic rings. The Morgan fingerprint density at radius 1 is 1.27 bits per heavy atom. The first-order chi connectivity index (χ1) is 11.9. The Morgan fingerprint density at radius 3 is 2.54 bits per heavy atom. The Labute approximate surface area is 161 Å². The van der Waals surface area contributed by atoms with E-state index in [-0.39, 0.29) is 36.7 Å². The van der Waals surface area contributed by atoms with Crippen molar-refractivity contribution in [2.45, 2.75) is 33.6 Å². The number of piperidine rings is 1. The molecule has 26 heavy (non-hydrogen) atoms. The van der Waals surface area contributed by atoms with Crippen molar-refractivity contribution in [3.63, 3.8) is 0 Å². The fourth-order valence-corrected chi connectivity index (χ4v) is 3.38. The summed E-state index contributed by atoms with van der Waals surface area (Å²) < 4.78 is 5.79. The van der Waals surface area contributed by atoms with Gasteiger partial charge in [-0.05, 0) is 44.7 Å². The summed E-state index contributed by atoms with van der Waals surface area (Å²) in [5.41, 5.74) is 8.65. The summed E-state index contributed by atoms with van der Waals surface area (Å²) in [4.78, 5) is 26.3. The summed E-state index contributed by atoms with van der Waals surface area (Å²) >= 11 is 0. The maximum Gasteiger partial charge on any atom is 0.260 e. The molecule has 0 spiro atoms. The molecule has 1 fully saturated rings. The predicted octanol–water partition coefficient (Wildman–Crippen LogP) is 1.73. The molecule has 3 N–H and O–H groups in total. The Kier molecular flexibility index (Phi) is 8.88. The molecule has 0 bridgehead atoms. The van der Waals surface area contributed by atoms with Gasteiger partial charge in [0.2, 0.25) is 5.91 Å². The van der Waals surface area contributed by atoms with Crippen molar-refractivity contribution < 1.29 is 14.3 Å². The minimum Gasteiger partial charge on any atom is -0.483 e. The lowest BCUT2D eigenvalue weighted by molar-refractivity contribution is -0.137. The quantitative estimate of drug-likeness (QED) is 0.783. The largest absolute Gasteiger partial charge is 0.483 e. The van der Waals surface area contributed by atoms with Crippen molar-refractivity contribution in [3.8, 4) is 5.75 Å². The molecular weight excluding hydrogens is 354 g/mol. The molecule has 0 aromatic heterocycles. The van der Waals surface area contributed by atoms with Gasteiger partial charge in [0.25, 0.3) is 5.91 Å². The lowest BCUT2D eigenvalue weighted by Crippen LogP contribution is -2.47. The number of carbonyl (C=O) groups is 2. The zero-order chi connectivity index (χ0) is 18.4. The molecule has 1 atom stereocenters. The van der Waals surface area contributed by atoms with E-state index < -0.39 is 0 Å². The summed E-state index contributed by atoms with van der Waals surface area (Å²) in [7, 11) is 0. The Balaban J connectivity index is 0.00000338. The van der Waals surface area contributed by atoms with Crippen LogP contribution in [-0.4, -0.2) is 49.5 Å². The molecule has 1 heterocycles. The number of ether oxygens (including phenoxy) is 1. The van der Waals surface area contributed by atoms with Gasteiger partial charge in [-0.25, -0.2) is 0 Å². The van der Waals surface area contributed by atoms with E-state index in [1.54, 1.807) is 4.90 Å². The zero-order valence-electron chi connectivity index (χ0n) is 15.8. The van der Waals surface area contributed by atoms with E-state index in [2.05, 4.69) is 5.32 Å². The highest BCUT2D eigenvalue weighted by atomic mass is 35.5. The maximum atomic E-state index is 12.5. The first kappa shape index (κ1) is 22.3. The second-order valence-electron chi connectivity index (χ2n) is 6.78. The summed E-state index contributed by atoms with van der Waals surface area (Å²) in [6.07, 6.45) is 1.63. The fraction of sp³-hybridized carbons (Fsp3) is 0.579. The van der Waals surface area contributed by atoms with E-state index >= 15 is 0 Å². The molecule has 2 rings (SSSR count). The third kappa shape index (κ3) is 5.88. The number of halogens is 1. The molecule has 2 amide bonds. The molecule has 7 heteroatoms. The second kappa shape index (κ2) is 10.4. The molecule has 1 saturated heterocycles. The van der Waals surface area contributed by atoms with Crippen LogP contribution in [0.1, 0.15) is 29.5 Å². The van der Waals surface area contributed by atoms with Crippen molar-refractivity contribution >= 4 is 24.2 Å². The number of nitrogens with two attached hydrogens (primary N) is 1. The zero-order valence-corrected chi connectivity index (χ0v) is 16.7. The van der Waals surface area contributed by atoms with Crippen molar-refractivity contribution in [3.05, 3.63) is 28.8 Å². The van der Waals surface area contributed by atoms with Crippen LogP contribution in [0.25, 0.3) is 0 Å². The van der Waals surface area contributed by atoms with Gasteiger partial charge in [0.1, 0.15) is 5.75 Å². The molecular formula is C19H30ClN3O3. The highest BCUT2D eigenvalue weighted by Gasteiger charge is 2.28. The molecule has 1 aromatic carbocycles. The second-order valence-corrected chi connectivity index (χ2v) is 6.78. The van der Waals surface area contributed by atoms with Crippen LogP contribution in [0.5, 0.6) is 5.75 Å². The van der Waals surface area contributed by atoms with Crippen LogP contribution < -0.4 is 15.8 Å². The maximum absolute atomic E-state index is 12.5. The smallest absolute Gasteiger partial charge is 0.260 e. The van der Waals surface area contributed by atoms with Crippen molar-refractivity contribution in [1.29, 1.82) is 0 Å². The highest BCUT2D eigenvalue weighted by molar-refractivity contribution is 5.85. The molecule has 0 radical (unpaired) electrons. The van der Waals surface area contributed by atoms with Gasteiger partial charge in [0, 0.05) is 26.2 Å². The molecule has 0 aliphatic carbocycles. The number of hydrogen-bond donors (Lipinski definition) is 2. The van der Waals surface area contributed by atoms with Crippen LogP contribution in [0.4, 0.5) is 0 Å². The predicted molar refractivity (Wildman–Crippen MR) is 105 cm³/mol. The minimum absolute atomic E-state index is 0. The molecule has 6 nitrogen and oxygen atoms in total. The number of aryl methyl sites for hydroxylation is 3. The van der Waals surface area contributed by atoms with Gasteiger partial charge < -0.3 is 20.7 Å². The molecule has 1 aliphatic heterocycles. The van der Waals surface area contributed by atoms with E-state index in [1.165, 1.54) is 5.56 Å². The van der Waals surface area contributed by atoms with Gasteiger partial charge in [-0.1, -0.05) is 17.7 Å². The monoisotopic (exact) mass is 383 g/mol. The van der Waals surface area contributed by atoms with Crippen LogP contribution in [0.3, 0.4) is 0 Å². The number of likely N-dealkylation sites (tertiary alicyclic amines) is 1. The lowest BCUT2D eigenvalue weighted by atomic mass is 9.97. The summed E-state index contributed by atoms with van der Waals surface area (Å²) in [5.74, 6) is 0.519. The Morgan fingerprint density at radius 2 is 1.92 bits per heavy atom. The van der Waals surface area contributed by atoms with E-state index in [9.17, 15) is 9.59 Å². The summed E-state index contributed by atoms with van der Waals surface area (Å²) in [5, 5.41) is 2.81. The normalized spacial score (nSPS) is 16.6. The van der Waals surface area contributed by atoms with E-state index in [4.69, 9.17) is 10.5 Å². The number of amides is 2. The van der Waals surface area contributed by atoms with Crippen LogP contribution in [0.2, 0.25) is 0 Å². The van der Waals surface area contributed by atoms with Crippen LogP contribution >= 0.6 is 12.4 Å². The third-order valence-electron chi connectivity index (χ3n) is 4.53. The van der Waals surface area contributed by atoms with Gasteiger partial charge in [-0.2, -0.15) is 0 Å². The number of carbonyl (C=O) groups excluding carboxylic acids is 2. The van der Waals surface area contributed by atoms with Gasteiger partial charge in [0.15, 0.2) is 6.61 Å². The third-order valence-corrected chi connectivity index (χ3v) is 4.53. The lowest BCUT2D eigenvalue weighted by Gasteiger charge is -2.32. The fourth-order valence-electron chi connectivity index (χ4n) is 3.38. The Bertz CT molecular complexity index is 613. The topological polar surface area (TPSA) is 84.7 Å². The summed E-state index contributed by atoms with van der Waals surface area (Å²) in [6, 6.07) is 4.09. The SMILES string of the molecule is Cc1cc(C)c(OCC(=O)N2CCCC(C(=O)NCCN)C2)c(C)c1.Cl. The van der Waals surface area contributed by atoms with Crippen molar-refractivity contribution in [2.75, 3.05) is 32.8 Å². The van der Waals surface area contributed by atoms with E-state index in [1.807, 2.05) is 32.9 Å². The average molecular weight is 384 g/mol. The van der Waals surface area contributed by atoms with Crippen molar-refractivity contribution in [1.82, 2.24) is 10.2 Å². The first-order valence-electron chi connectivity index (χ1n) is 8.88. The molecule has 1 unspecified atom stereocenters. The molecule has 1 aromatic rings.